The SMILES string of the molecule is COCc1ccccc1CNC(C)CSC. The second-order valence-electron chi connectivity index (χ2n) is 3.94. The van der Waals surface area contributed by atoms with Gasteiger partial charge in [-0.2, -0.15) is 11.8 Å². The summed E-state index contributed by atoms with van der Waals surface area (Å²) in [6.45, 7) is 3.82. The molecule has 0 heterocycles. The first-order valence-electron chi connectivity index (χ1n) is 5.56. The quantitative estimate of drug-likeness (QED) is 0.790. The van der Waals surface area contributed by atoms with Crippen LogP contribution in [-0.2, 0) is 17.9 Å². The van der Waals surface area contributed by atoms with Crippen LogP contribution in [0.2, 0.25) is 0 Å². The van der Waals surface area contributed by atoms with E-state index in [1.165, 1.54) is 11.1 Å². The first-order chi connectivity index (χ1) is 7.77. The van der Waals surface area contributed by atoms with Gasteiger partial charge in [0, 0.05) is 25.4 Å². The standard InChI is InChI=1S/C13H21NOS/c1-11(10-16-3)14-8-12-6-4-5-7-13(12)9-15-2/h4-7,11,14H,8-10H2,1-3H3. The third-order valence-electron chi connectivity index (χ3n) is 2.48. The van der Waals surface area contributed by atoms with E-state index in [1.807, 2.05) is 11.8 Å². The third-order valence-corrected chi connectivity index (χ3v) is 3.31. The Bertz CT molecular complexity index is 304. The van der Waals surface area contributed by atoms with Gasteiger partial charge in [-0.3, -0.25) is 0 Å². The lowest BCUT2D eigenvalue weighted by Gasteiger charge is -2.14. The van der Waals surface area contributed by atoms with Crippen LogP contribution >= 0.6 is 11.8 Å². The van der Waals surface area contributed by atoms with Gasteiger partial charge < -0.3 is 10.1 Å². The molecule has 0 spiro atoms. The summed E-state index contributed by atoms with van der Waals surface area (Å²) in [6.07, 6.45) is 2.14. The minimum absolute atomic E-state index is 0.547. The molecule has 0 aromatic heterocycles. The van der Waals surface area contributed by atoms with Gasteiger partial charge in [0.05, 0.1) is 6.61 Å². The highest BCUT2D eigenvalue weighted by atomic mass is 32.2. The van der Waals surface area contributed by atoms with Crippen molar-refractivity contribution < 1.29 is 4.74 Å². The van der Waals surface area contributed by atoms with Crippen molar-refractivity contribution >= 4 is 11.8 Å². The summed E-state index contributed by atoms with van der Waals surface area (Å²) >= 11 is 1.87. The van der Waals surface area contributed by atoms with E-state index in [9.17, 15) is 0 Å². The van der Waals surface area contributed by atoms with Gasteiger partial charge in [-0.25, -0.2) is 0 Å². The van der Waals surface area contributed by atoms with Crippen molar-refractivity contribution in [2.45, 2.75) is 26.1 Å². The van der Waals surface area contributed by atoms with Crippen LogP contribution in [0, 0.1) is 0 Å². The molecule has 0 fully saturated rings. The van der Waals surface area contributed by atoms with Gasteiger partial charge in [-0.05, 0) is 24.3 Å². The van der Waals surface area contributed by atoms with E-state index in [1.54, 1.807) is 7.11 Å². The van der Waals surface area contributed by atoms with E-state index < -0.39 is 0 Å². The zero-order chi connectivity index (χ0) is 11.8. The van der Waals surface area contributed by atoms with Crippen LogP contribution in [0.15, 0.2) is 24.3 Å². The van der Waals surface area contributed by atoms with Gasteiger partial charge in [0.1, 0.15) is 0 Å². The molecule has 1 N–H and O–H groups in total. The van der Waals surface area contributed by atoms with Gasteiger partial charge in [-0.1, -0.05) is 24.3 Å². The molecule has 0 saturated heterocycles. The highest BCUT2D eigenvalue weighted by Crippen LogP contribution is 2.10. The van der Waals surface area contributed by atoms with Gasteiger partial charge in [-0.15, -0.1) is 0 Å². The van der Waals surface area contributed by atoms with E-state index in [2.05, 4.69) is 42.8 Å². The van der Waals surface area contributed by atoms with E-state index in [-0.39, 0.29) is 0 Å². The molecule has 0 aliphatic heterocycles. The lowest BCUT2D eigenvalue weighted by Crippen LogP contribution is -2.28. The normalized spacial score (nSPS) is 12.7. The van der Waals surface area contributed by atoms with E-state index in [0.717, 1.165) is 12.3 Å². The van der Waals surface area contributed by atoms with Gasteiger partial charge in [0.25, 0.3) is 0 Å². The van der Waals surface area contributed by atoms with E-state index >= 15 is 0 Å². The second kappa shape index (κ2) is 7.71. The first-order valence-corrected chi connectivity index (χ1v) is 6.95. The molecule has 1 atom stereocenters. The molecule has 1 aromatic rings. The molecule has 16 heavy (non-hydrogen) atoms. The van der Waals surface area contributed by atoms with Gasteiger partial charge >= 0.3 is 0 Å². The van der Waals surface area contributed by atoms with Crippen molar-refractivity contribution in [1.29, 1.82) is 0 Å². The molecule has 2 nitrogen and oxygen atoms in total. The fourth-order valence-corrected chi connectivity index (χ4v) is 2.24. The van der Waals surface area contributed by atoms with Crippen molar-refractivity contribution in [3.05, 3.63) is 35.4 Å². The highest BCUT2D eigenvalue weighted by Gasteiger charge is 2.03. The molecule has 0 saturated carbocycles. The fraction of sp³-hybridized carbons (Fsp3) is 0.538. The number of benzene rings is 1. The van der Waals surface area contributed by atoms with Crippen molar-refractivity contribution in [3.63, 3.8) is 0 Å². The Labute approximate surface area is 103 Å². The lowest BCUT2D eigenvalue weighted by atomic mass is 10.1. The Balaban J connectivity index is 2.52. The zero-order valence-electron chi connectivity index (χ0n) is 10.3. The van der Waals surface area contributed by atoms with E-state index in [0.29, 0.717) is 12.6 Å². The molecule has 0 radical (unpaired) electrons. The van der Waals surface area contributed by atoms with Crippen LogP contribution in [0.4, 0.5) is 0 Å². The largest absolute Gasteiger partial charge is 0.380 e. The van der Waals surface area contributed by atoms with Crippen LogP contribution in [0.3, 0.4) is 0 Å². The molecule has 0 amide bonds. The summed E-state index contributed by atoms with van der Waals surface area (Å²) in [7, 11) is 1.74. The molecule has 0 aliphatic carbocycles. The predicted molar refractivity (Wildman–Crippen MR) is 71.8 cm³/mol. The Morgan fingerprint density at radius 3 is 2.62 bits per heavy atom. The number of rotatable bonds is 7. The minimum atomic E-state index is 0.547. The summed E-state index contributed by atoms with van der Waals surface area (Å²) in [6, 6.07) is 8.97. The predicted octanol–water partition coefficient (Wildman–Crippen LogP) is 2.67. The fourth-order valence-electron chi connectivity index (χ4n) is 1.62. The number of hydrogen-bond donors (Lipinski definition) is 1. The summed E-state index contributed by atoms with van der Waals surface area (Å²) < 4.78 is 5.19. The third kappa shape index (κ3) is 4.56. The Hall–Kier alpha value is -0.510. The number of nitrogens with one attached hydrogen (secondary N) is 1. The molecule has 0 aliphatic rings. The van der Waals surface area contributed by atoms with Crippen LogP contribution in [0.1, 0.15) is 18.1 Å². The van der Waals surface area contributed by atoms with Crippen LogP contribution < -0.4 is 5.32 Å². The topological polar surface area (TPSA) is 21.3 Å². The van der Waals surface area contributed by atoms with Gasteiger partial charge in [0.15, 0.2) is 0 Å². The Kier molecular flexibility index (Phi) is 6.53. The first kappa shape index (κ1) is 13.6. The maximum atomic E-state index is 5.19. The lowest BCUT2D eigenvalue weighted by molar-refractivity contribution is 0.184. The average molecular weight is 239 g/mol. The Morgan fingerprint density at radius 1 is 1.31 bits per heavy atom. The molecule has 0 bridgehead atoms. The summed E-state index contributed by atoms with van der Waals surface area (Å²) in [5.74, 6) is 1.15. The summed E-state index contributed by atoms with van der Waals surface area (Å²) in [4.78, 5) is 0. The average Bonchev–Trinajstić information content (AvgIpc) is 2.29. The molecule has 3 heteroatoms. The molecular weight excluding hydrogens is 218 g/mol. The van der Waals surface area contributed by atoms with Crippen molar-refractivity contribution in [3.8, 4) is 0 Å². The number of thioether (sulfide) groups is 1. The zero-order valence-corrected chi connectivity index (χ0v) is 11.1. The van der Waals surface area contributed by atoms with Crippen LogP contribution in [-0.4, -0.2) is 25.2 Å². The summed E-state index contributed by atoms with van der Waals surface area (Å²) in [5.41, 5.74) is 2.60. The summed E-state index contributed by atoms with van der Waals surface area (Å²) in [5, 5.41) is 3.52. The Morgan fingerprint density at radius 2 is 2.00 bits per heavy atom. The van der Waals surface area contributed by atoms with Crippen LogP contribution in [0.5, 0.6) is 0 Å². The van der Waals surface area contributed by atoms with Crippen molar-refractivity contribution in [1.82, 2.24) is 5.32 Å². The monoisotopic (exact) mass is 239 g/mol. The molecular formula is C13H21NOS. The smallest absolute Gasteiger partial charge is 0.0716 e. The maximum absolute atomic E-state index is 5.19. The number of hydrogen-bond acceptors (Lipinski definition) is 3. The van der Waals surface area contributed by atoms with Crippen molar-refractivity contribution in [2.75, 3.05) is 19.1 Å². The minimum Gasteiger partial charge on any atom is -0.380 e. The van der Waals surface area contributed by atoms with Crippen LogP contribution in [0.25, 0.3) is 0 Å². The second-order valence-corrected chi connectivity index (χ2v) is 4.85. The van der Waals surface area contributed by atoms with Crippen molar-refractivity contribution in [2.24, 2.45) is 0 Å². The van der Waals surface area contributed by atoms with Gasteiger partial charge in [0.2, 0.25) is 0 Å². The number of methoxy groups -OCH3 is 1. The number of ether oxygens (including phenoxy) is 1. The molecule has 1 unspecified atom stereocenters. The molecule has 1 rings (SSSR count). The maximum Gasteiger partial charge on any atom is 0.0716 e. The molecule has 1 aromatic carbocycles. The highest BCUT2D eigenvalue weighted by molar-refractivity contribution is 7.98. The van der Waals surface area contributed by atoms with E-state index in [4.69, 9.17) is 4.74 Å². The molecule has 90 valence electrons.